The molecule has 0 heterocycles. The molecule has 0 radical (unpaired) electrons. The Hall–Kier alpha value is -1.95. The van der Waals surface area contributed by atoms with Crippen LogP contribution in [0.2, 0.25) is 0 Å². The number of methoxy groups -OCH3 is 2. The number of hydrogen-bond acceptors (Lipinski definition) is 4. The maximum atomic E-state index is 5.84. The van der Waals surface area contributed by atoms with Crippen LogP contribution < -0.4 is 20.5 Å². The fraction of sp³-hybridized carbons (Fsp3) is 0.533. The molecule has 0 aromatic heterocycles. The van der Waals surface area contributed by atoms with Gasteiger partial charge in [-0.25, -0.2) is 0 Å². The Morgan fingerprint density at radius 1 is 1.24 bits per heavy atom. The van der Waals surface area contributed by atoms with Gasteiger partial charge in [0.25, 0.3) is 0 Å². The van der Waals surface area contributed by atoms with Crippen molar-refractivity contribution in [1.29, 1.82) is 0 Å². The first-order valence-electron chi connectivity index (χ1n) is 6.97. The maximum absolute atomic E-state index is 5.84. The molecule has 0 bridgehead atoms. The molecule has 0 aliphatic heterocycles. The van der Waals surface area contributed by atoms with E-state index in [1.165, 1.54) is 0 Å². The van der Waals surface area contributed by atoms with Crippen molar-refractivity contribution in [1.82, 2.24) is 0 Å². The number of guanidine groups is 1. The van der Waals surface area contributed by atoms with E-state index in [0.29, 0.717) is 30.6 Å². The van der Waals surface area contributed by atoms with E-state index in [1.54, 1.807) is 14.2 Å². The number of rotatable bonds is 8. The minimum absolute atomic E-state index is 0.246. The van der Waals surface area contributed by atoms with Gasteiger partial charge in [-0.1, -0.05) is 0 Å². The van der Waals surface area contributed by atoms with Gasteiger partial charge in [-0.2, -0.15) is 0 Å². The fourth-order valence-corrected chi connectivity index (χ4v) is 1.68. The van der Waals surface area contributed by atoms with E-state index in [1.807, 2.05) is 32.0 Å². The number of nitrogens with one attached hydrogen (secondary N) is 1. The monoisotopic (exact) mass is 295 g/mol. The van der Waals surface area contributed by atoms with Crippen LogP contribution in [0.1, 0.15) is 20.3 Å². The Bertz CT molecular complexity index is 461. The zero-order valence-corrected chi connectivity index (χ0v) is 13.2. The predicted molar refractivity (Wildman–Crippen MR) is 85.4 cm³/mol. The fourth-order valence-electron chi connectivity index (χ4n) is 1.68. The summed E-state index contributed by atoms with van der Waals surface area (Å²) in [6, 6.07) is 5.47. The average molecular weight is 295 g/mol. The molecule has 3 N–H and O–H groups in total. The first kappa shape index (κ1) is 17.1. The van der Waals surface area contributed by atoms with E-state index in [9.17, 15) is 0 Å². The topological polar surface area (TPSA) is 78.1 Å². The lowest BCUT2D eigenvalue weighted by atomic mass is 10.3. The van der Waals surface area contributed by atoms with E-state index < -0.39 is 0 Å². The minimum atomic E-state index is 0.246. The van der Waals surface area contributed by atoms with Gasteiger partial charge >= 0.3 is 0 Å². The van der Waals surface area contributed by atoms with Crippen molar-refractivity contribution in [2.75, 3.05) is 32.7 Å². The van der Waals surface area contributed by atoms with Crippen LogP contribution in [0.3, 0.4) is 0 Å². The molecule has 0 amide bonds. The van der Waals surface area contributed by atoms with Gasteiger partial charge in [-0.05, 0) is 32.4 Å². The van der Waals surface area contributed by atoms with Crippen molar-refractivity contribution in [3.63, 3.8) is 0 Å². The van der Waals surface area contributed by atoms with Crippen molar-refractivity contribution in [2.45, 2.75) is 26.4 Å². The Morgan fingerprint density at radius 3 is 2.57 bits per heavy atom. The summed E-state index contributed by atoms with van der Waals surface area (Å²) in [5.74, 6) is 1.68. The van der Waals surface area contributed by atoms with Crippen LogP contribution in [-0.2, 0) is 4.74 Å². The first-order valence-corrected chi connectivity index (χ1v) is 6.97. The molecule has 0 aliphatic rings. The van der Waals surface area contributed by atoms with E-state index >= 15 is 0 Å². The van der Waals surface area contributed by atoms with Crippen molar-refractivity contribution in [2.24, 2.45) is 10.7 Å². The number of hydrogen-bond donors (Lipinski definition) is 2. The van der Waals surface area contributed by atoms with E-state index in [-0.39, 0.29) is 6.10 Å². The molecule has 21 heavy (non-hydrogen) atoms. The van der Waals surface area contributed by atoms with E-state index in [2.05, 4.69) is 10.3 Å². The van der Waals surface area contributed by atoms with Gasteiger partial charge < -0.3 is 25.3 Å². The van der Waals surface area contributed by atoms with Gasteiger partial charge in [0, 0.05) is 24.9 Å². The lowest BCUT2D eigenvalue weighted by molar-refractivity contribution is 0.0783. The van der Waals surface area contributed by atoms with Crippen molar-refractivity contribution in [3.8, 4) is 11.5 Å². The number of ether oxygens (including phenoxy) is 3. The lowest BCUT2D eigenvalue weighted by Gasteiger charge is -2.11. The second kappa shape index (κ2) is 9.07. The zero-order chi connectivity index (χ0) is 15.7. The number of benzene rings is 1. The summed E-state index contributed by atoms with van der Waals surface area (Å²) in [6.45, 7) is 5.33. The highest BCUT2D eigenvalue weighted by atomic mass is 16.5. The molecule has 0 saturated heterocycles. The summed E-state index contributed by atoms with van der Waals surface area (Å²) in [6.07, 6.45) is 1.09. The molecule has 1 rings (SSSR count). The molecule has 0 fully saturated rings. The zero-order valence-electron chi connectivity index (χ0n) is 13.2. The maximum Gasteiger partial charge on any atom is 0.193 e. The molecule has 0 unspecified atom stereocenters. The average Bonchev–Trinajstić information content (AvgIpc) is 2.46. The van der Waals surface area contributed by atoms with Crippen LogP contribution in [0.25, 0.3) is 0 Å². The van der Waals surface area contributed by atoms with Gasteiger partial charge in [-0.15, -0.1) is 0 Å². The second-order valence-corrected chi connectivity index (χ2v) is 4.73. The molecule has 1 aromatic rings. The van der Waals surface area contributed by atoms with Crippen LogP contribution in [0.15, 0.2) is 23.2 Å². The normalized spacial score (nSPS) is 11.6. The van der Waals surface area contributed by atoms with Crippen LogP contribution in [0.4, 0.5) is 5.69 Å². The molecule has 1 aromatic carbocycles. The minimum Gasteiger partial charge on any atom is -0.493 e. The molecule has 0 spiro atoms. The molecule has 118 valence electrons. The summed E-state index contributed by atoms with van der Waals surface area (Å²) < 4.78 is 15.8. The molecule has 0 aliphatic carbocycles. The molecule has 0 saturated carbocycles. The summed E-state index contributed by atoms with van der Waals surface area (Å²) in [5.41, 5.74) is 6.63. The highest BCUT2D eigenvalue weighted by Gasteiger charge is 2.04. The number of nitrogens with two attached hydrogens (primary N) is 1. The van der Waals surface area contributed by atoms with E-state index in [0.717, 1.165) is 12.1 Å². The number of nitrogens with zero attached hydrogens (tertiary/aromatic N) is 1. The Kier molecular flexibility index (Phi) is 7.39. The van der Waals surface area contributed by atoms with E-state index in [4.69, 9.17) is 19.9 Å². The summed E-state index contributed by atoms with van der Waals surface area (Å²) in [4.78, 5) is 4.25. The largest absolute Gasteiger partial charge is 0.493 e. The van der Waals surface area contributed by atoms with Gasteiger partial charge in [0.1, 0.15) is 0 Å². The molecule has 6 heteroatoms. The van der Waals surface area contributed by atoms with Crippen LogP contribution in [0, 0.1) is 0 Å². The van der Waals surface area contributed by atoms with Crippen molar-refractivity contribution < 1.29 is 14.2 Å². The summed E-state index contributed by atoms with van der Waals surface area (Å²) in [7, 11) is 3.19. The summed E-state index contributed by atoms with van der Waals surface area (Å²) in [5, 5.41) is 3.02. The van der Waals surface area contributed by atoms with Crippen LogP contribution >= 0.6 is 0 Å². The Labute approximate surface area is 126 Å². The molecule has 6 nitrogen and oxygen atoms in total. The second-order valence-electron chi connectivity index (χ2n) is 4.73. The molecule has 0 atom stereocenters. The Balaban J connectivity index is 2.48. The van der Waals surface area contributed by atoms with Gasteiger partial charge in [0.2, 0.25) is 0 Å². The number of aliphatic imine (C=N–C) groups is 1. The quantitative estimate of drug-likeness (QED) is 0.437. The van der Waals surface area contributed by atoms with Crippen LogP contribution in [0.5, 0.6) is 11.5 Å². The smallest absolute Gasteiger partial charge is 0.193 e. The standard InChI is InChI=1S/C15H25N3O3/c1-11(2)21-9-5-8-17-15(16)18-12-6-7-13(19-3)14(10-12)20-4/h6-7,10-11H,5,8-9H2,1-4H3,(H3,16,17,18). The molecular weight excluding hydrogens is 270 g/mol. The third-order valence-electron chi connectivity index (χ3n) is 2.69. The highest BCUT2D eigenvalue weighted by Crippen LogP contribution is 2.29. The van der Waals surface area contributed by atoms with Gasteiger partial charge in [0.05, 0.1) is 20.3 Å². The molecular formula is C15H25N3O3. The number of anilines is 1. The van der Waals surface area contributed by atoms with Gasteiger partial charge in [-0.3, -0.25) is 4.99 Å². The lowest BCUT2D eigenvalue weighted by Crippen LogP contribution is -2.23. The van der Waals surface area contributed by atoms with Crippen molar-refractivity contribution >= 4 is 11.6 Å². The summed E-state index contributed by atoms with van der Waals surface area (Å²) >= 11 is 0. The third-order valence-corrected chi connectivity index (χ3v) is 2.69. The SMILES string of the molecule is COc1ccc(NC(N)=NCCCOC(C)C)cc1OC. The predicted octanol–water partition coefficient (Wildman–Crippen LogP) is 2.25. The van der Waals surface area contributed by atoms with Gasteiger partial charge in [0.15, 0.2) is 17.5 Å². The third kappa shape index (κ3) is 6.35. The van der Waals surface area contributed by atoms with Crippen LogP contribution in [-0.4, -0.2) is 39.4 Å². The Morgan fingerprint density at radius 2 is 1.95 bits per heavy atom. The highest BCUT2D eigenvalue weighted by molar-refractivity contribution is 5.92. The first-order chi connectivity index (χ1) is 10.1. The van der Waals surface area contributed by atoms with Crippen molar-refractivity contribution in [3.05, 3.63) is 18.2 Å².